The molecule has 4 rings (SSSR count). The topological polar surface area (TPSA) is 156 Å². The lowest BCUT2D eigenvalue weighted by Crippen LogP contribution is -2.29. The molecule has 2 heterocycles. The number of nitrogens with zero attached hydrogens (tertiary/aromatic N) is 5. The molecular formula is C29H28ClN7O4S. The number of rotatable bonds is 8. The Kier molecular flexibility index (Phi) is 9.65. The van der Waals surface area contributed by atoms with Crippen LogP contribution in [-0.4, -0.2) is 50.6 Å². The minimum absolute atomic E-state index is 0.0260. The van der Waals surface area contributed by atoms with Crippen molar-refractivity contribution in [3.8, 4) is 23.7 Å². The average Bonchev–Trinajstić information content (AvgIpc) is 3.36. The predicted octanol–water partition coefficient (Wildman–Crippen LogP) is 3.73. The van der Waals surface area contributed by atoms with E-state index in [1.165, 1.54) is 12.1 Å². The van der Waals surface area contributed by atoms with E-state index in [1.807, 2.05) is 13.8 Å². The van der Waals surface area contributed by atoms with Crippen LogP contribution in [-0.2, 0) is 29.7 Å². The van der Waals surface area contributed by atoms with E-state index in [-0.39, 0.29) is 48.6 Å². The molecular weight excluding hydrogens is 578 g/mol. The van der Waals surface area contributed by atoms with E-state index in [2.05, 4.69) is 43.4 Å². The fourth-order valence-corrected chi connectivity index (χ4v) is 4.83. The third kappa shape index (κ3) is 7.98. The first kappa shape index (κ1) is 30.3. The van der Waals surface area contributed by atoms with Crippen molar-refractivity contribution in [2.75, 3.05) is 12.3 Å². The molecule has 13 heteroatoms. The van der Waals surface area contributed by atoms with Crippen LogP contribution >= 0.6 is 11.6 Å². The summed E-state index contributed by atoms with van der Waals surface area (Å²) in [5.41, 5.74) is 8.30. The number of carbonyl (C=O) groups is 1. The fraction of sp³-hybridized carbons (Fsp3) is 0.241. The summed E-state index contributed by atoms with van der Waals surface area (Å²) in [4.78, 5) is 25.9. The number of nitrogens with two attached hydrogens (primary N) is 1. The Morgan fingerprint density at radius 2 is 1.79 bits per heavy atom. The van der Waals surface area contributed by atoms with Gasteiger partial charge in [0.2, 0.25) is 15.8 Å². The van der Waals surface area contributed by atoms with Gasteiger partial charge in [-0.3, -0.25) is 4.90 Å². The molecule has 0 saturated heterocycles. The Hall–Kier alpha value is -4.62. The first-order chi connectivity index (χ1) is 20.0. The zero-order valence-electron chi connectivity index (χ0n) is 22.9. The number of hydrogen-bond donors (Lipinski definition) is 3. The largest absolute Gasteiger partial charge is 0.465 e. The monoisotopic (exact) mass is 605 g/mol. The smallest absolute Gasteiger partial charge is 0.408 e. The summed E-state index contributed by atoms with van der Waals surface area (Å²) in [6.45, 7) is 4.18. The molecule has 4 aromatic rings. The van der Waals surface area contributed by atoms with Gasteiger partial charge in [0.1, 0.15) is 5.52 Å². The number of carboxylic acid groups (broad SMARTS) is 1. The molecule has 0 bridgehead atoms. The van der Waals surface area contributed by atoms with Crippen molar-refractivity contribution >= 4 is 44.7 Å². The second-order valence-electron chi connectivity index (χ2n) is 9.49. The zero-order chi connectivity index (χ0) is 30.3. The average molecular weight is 606 g/mol. The predicted molar refractivity (Wildman–Crippen MR) is 160 cm³/mol. The van der Waals surface area contributed by atoms with E-state index in [0.29, 0.717) is 21.7 Å². The second kappa shape index (κ2) is 13.4. The number of aromatic nitrogens is 4. The lowest BCUT2D eigenvalue weighted by molar-refractivity contribution is 0.148. The van der Waals surface area contributed by atoms with Gasteiger partial charge < -0.3 is 15.4 Å². The van der Waals surface area contributed by atoms with Crippen LogP contribution in [0, 0.1) is 29.6 Å². The van der Waals surface area contributed by atoms with E-state index in [1.54, 1.807) is 47.3 Å². The Morgan fingerprint density at radius 1 is 1.10 bits per heavy atom. The van der Waals surface area contributed by atoms with E-state index in [9.17, 15) is 18.3 Å². The van der Waals surface area contributed by atoms with Gasteiger partial charge in [0.25, 0.3) is 0 Å². The summed E-state index contributed by atoms with van der Waals surface area (Å²) in [5.74, 6) is 12.3. The van der Waals surface area contributed by atoms with Gasteiger partial charge in [0.05, 0.1) is 24.3 Å². The number of sulfonamides is 1. The highest BCUT2D eigenvalue weighted by atomic mass is 35.5. The normalized spacial score (nSPS) is 11.0. The number of nitrogens with one attached hydrogen (secondary N) is 1. The van der Waals surface area contributed by atoms with Gasteiger partial charge in [-0.1, -0.05) is 67.5 Å². The molecule has 0 atom stereocenters. The van der Waals surface area contributed by atoms with Crippen LogP contribution in [0.15, 0.2) is 59.8 Å². The zero-order valence-corrected chi connectivity index (χ0v) is 24.4. The molecule has 0 aliphatic carbocycles. The summed E-state index contributed by atoms with van der Waals surface area (Å²) in [5, 5.41) is 10.2. The number of anilines is 1. The van der Waals surface area contributed by atoms with Crippen LogP contribution in [0.2, 0.25) is 5.02 Å². The van der Waals surface area contributed by atoms with Gasteiger partial charge in [-0.15, -0.1) is 0 Å². The Labute approximate surface area is 248 Å². The summed E-state index contributed by atoms with van der Waals surface area (Å²) in [6, 6.07) is 12.8. The molecule has 2 aromatic carbocycles. The fourth-order valence-electron chi connectivity index (χ4n) is 3.69. The number of fused-ring (bicyclic) bond motifs is 1. The highest BCUT2D eigenvalue weighted by molar-refractivity contribution is 7.89. The molecule has 11 nitrogen and oxygen atoms in total. The standard InChI is InChI=1S/C29H28ClN7O4S/c1-20(2)5-14-25-34-27(31)26-28(35-25)37(19-32-26)16-4-3-15-36(29(38)39)18-22-8-12-24(13-9-22)42(40,41)33-17-21-6-10-23(30)11-7-21/h6-13,19-20,33H,15-18H2,1-2H3,(H,38,39)(H2,31,34,35). The third-order valence-electron chi connectivity index (χ3n) is 5.86. The lowest BCUT2D eigenvalue weighted by atomic mass is 10.2. The highest BCUT2D eigenvalue weighted by Gasteiger charge is 2.16. The van der Waals surface area contributed by atoms with Crippen LogP contribution in [0.5, 0.6) is 0 Å². The maximum atomic E-state index is 12.7. The van der Waals surface area contributed by atoms with Crippen LogP contribution < -0.4 is 10.5 Å². The first-order valence-electron chi connectivity index (χ1n) is 12.8. The molecule has 0 aliphatic rings. The molecule has 0 aliphatic heterocycles. The summed E-state index contributed by atoms with van der Waals surface area (Å²) < 4.78 is 29.6. The third-order valence-corrected chi connectivity index (χ3v) is 7.53. The van der Waals surface area contributed by atoms with Crippen molar-refractivity contribution in [2.24, 2.45) is 5.92 Å². The molecule has 1 amide bonds. The number of halogens is 1. The Morgan fingerprint density at radius 3 is 2.45 bits per heavy atom. The molecule has 0 spiro atoms. The maximum absolute atomic E-state index is 12.7. The minimum Gasteiger partial charge on any atom is -0.465 e. The van der Waals surface area contributed by atoms with Gasteiger partial charge in [0.15, 0.2) is 11.5 Å². The summed E-state index contributed by atoms with van der Waals surface area (Å²) >= 11 is 5.87. The number of hydrogen-bond acceptors (Lipinski definition) is 7. The van der Waals surface area contributed by atoms with Crippen molar-refractivity contribution in [3.05, 3.63) is 76.8 Å². The molecule has 42 heavy (non-hydrogen) atoms. The molecule has 0 saturated carbocycles. The molecule has 0 unspecified atom stereocenters. The van der Waals surface area contributed by atoms with E-state index in [0.717, 1.165) is 10.5 Å². The van der Waals surface area contributed by atoms with Crippen molar-refractivity contribution in [2.45, 2.75) is 38.4 Å². The number of benzene rings is 2. The molecule has 0 fully saturated rings. The van der Waals surface area contributed by atoms with E-state index < -0.39 is 16.1 Å². The van der Waals surface area contributed by atoms with Crippen molar-refractivity contribution in [1.82, 2.24) is 29.1 Å². The number of imidazole rings is 1. The van der Waals surface area contributed by atoms with Gasteiger partial charge in [0, 0.05) is 24.0 Å². The van der Waals surface area contributed by atoms with Crippen molar-refractivity contribution in [1.29, 1.82) is 0 Å². The molecule has 0 radical (unpaired) electrons. The van der Waals surface area contributed by atoms with Crippen LogP contribution in [0.25, 0.3) is 11.2 Å². The van der Waals surface area contributed by atoms with Gasteiger partial charge in [-0.05, 0) is 41.3 Å². The molecule has 216 valence electrons. The van der Waals surface area contributed by atoms with Gasteiger partial charge >= 0.3 is 6.09 Å². The Bertz CT molecular complexity index is 1820. The van der Waals surface area contributed by atoms with E-state index in [4.69, 9.17) is 17.3 Å². The van der Waals surface area contributed by atoms with Crippen molar-refractivity contribution in [3.63, 3.8) is 0 Å². The quantitative estimate of drug-likeness (QED) is 0.256. The van der Waals surface area contributed by atoms with Gasteiger partial charge in [-0.25, -0.2) is 32.9 Å². The molecule has 2 aromatic heterocycles. The highest BCUT2D eigenvalue weighted by Crippen LogP contribution is 2.16. The number of nitrogen functional groups attached to an aromatic ring is 1. The first-order valence-corrected chi connectivity index (χ1v) is 14.6. The summed E-state index contributed by atoms with van der Waals surface area (Å²) in [6.07, 6.45) is 0.381. The van der Waals surface area contributed by atoms with Crippen molar-refractivity contribution < 1.29 is 18.3 Å². The second-order valence-corrected chi connectivity index (χ2v) is 11.7. The summed E-state index contributed by atoms with van der Waals surface area (Å²) in [7, 11) is -3.76. The van der Waals surface area contributed by atoms with Crippen LogP contribution in [0.1, 0.15) is 30.8 Å². The van der Waals surface area contributed by atoms with E-state index >= 15 is 0 Å². The maximum Gasteiger partial charge on any atom is 0.408 e. The molecule has 4 N–H and O–H groups in total. The van der Waals surface area contributed by atoms with Gasteiger partial charge in [-0.2, -0.15) is 0 Å². The van der Waals surface area contributed by atoms with Crippen LogP contribution in [0.3, 0.4) is 0 Å². The minimum atomic E-state index is -3.76. The van der Waals surface area contributed by atoms with Crippen LogP contribution in [0.4, 0.5) is 10.6 Å². The SMILES string of the molecule is CC(C)C#Cc1nc(N)c2ncn(CC#CCN(Cc3ccc(S(=O)(=O)NCc4ccc(Cl)cc4)cc3)C(=O)O)c2n1. The number of amides is 1. The lowest BCUT2D eigenvalue weighted by Gasteiger charge is -2.16. The Balaban J connectivity index is 1.38.